The van der Waals surface area contributed by atoms with Gasteiger partial charge in [-0.05, 0) is 62.7 Å². The van der Waals surface area contributed by atoms with Gasteiger partial charge in [-0.3, -0.25) is 4.79 Å². The van der Waals surface area contributed by atoms with E-state index in [0.29, 0.717) is 18.7 Å². The van der Waals surface area contributed by atoms with Gasteiger partial charge in [-0.2, -0.15) is 0 Å². The monoisotopic (exact) mass is 343 g/mol. The van der Waals surface area contributed by atoms with Crippen LogP contribution in [0, 0.1) is 12.7 Å². The molecule has 0 unspecified atom stereocenters. The largest absolute Gasteiger partial charge is 0.384 e. The molecule has 134 valence electrons. The fraction of sp³-hybridized carbons (Fsp3) is 0.350. The third-order valence-electron chi connectivity index (χ3n) is 4.11. The lowest BCUT2D eigenvalue weighted by Gasteiger charge is -2.22. The van der Waals surface area contributed by atoms with E-state index in [-0.39, 0.29) is 11.7 Å². The summed E-state index contributed by atoms with van der Waals surface area (Å²) in [6.45, 7) is 8.81. The van der Waals surface area contributed by atoms with E-state index in [1.54, 1.807) is 12.1 Å². The van der Waals surface area contributed by atoms with Crippen LogP contribution >= 0.6 is 0 Å². The number of carbonyl (C=O) groups is 1. The summed E-state index contributed by atoms with van der Waals surface area (Å²) in [7, 11) is 0. The number of rotatable bonds is 8. The van der Waals surface area contributed by atoms with Crippen molar-refractivity contribution in [3.8, 4) is 0 Å². The fourth-order valence-corrected chi connectivity index (χ4v) is 2.73. The third kappa shape index (κ3) is 5.48. The van der Waals surface area contributed by atoms with Crippen molar-refractivity contribution in [2.24, 2.45) is 0 Å². The highest BCUT2D eigenvalue weighted by atomic mass is 19.1. The average Bonchev–Trinajstić information content (AvgIpc) is 2.58. The van der Waals surface area contributed by atoms with Crippen LogP contribution in [0.2, 0.25) is 0 Å². The van der Waals surface area contributed by atoms with Gasteiger partial charge in [0.15, 0.2) is 0 Å². The molecule has 2 aromatic rings. The van der Waals surface area contributed by atoms with E-state index in [9.17, 15) is 9.18 Å². The maximum absolute atomic E-state index is 13.1. The van der Waals surface area contributed by atoms with Gasteiger partial charge < -0.3 is 15.5 Å². The maximum atomic E-state index is 13.1. The van der Waals surface area contributed by atoms with Crippen LogP contribution in [0.3, 0.4) is 0 Å². The first-order chi connectivity index (χ1) is 12.0. The molecule has 25 heavy (non-hydrogen) atoms. The molecule has 2 rings (SSSR count). The first kappa shape index (κ1) is 18.8. The van der Waals surface area contributed by atoms with E-state index in [0.717, 1.165) is 24.3 Å². The Morgan fingerprint density at radius 3 is 2.52 bits per heavy atom. The molecule has 2 N–H and O–H groups in total. The highest BCUT2D eigenvalue weighted by Gasteiger charge is 2.06. The van der Waals surface area contributed by atoms with Gasteiger partial charge in [-0.15, -0.1) is 0 Å². The van der Waals surface area contributed by atoms with Gasteiger partial charge in [-0.1, -0.05) is 6.07 Å². The standard InChI is InChI=1S/C20H26FN3O/c1-4-24(5-2)18-9-10-19(15(3)13-18)22-12-11-20(25)23-17-8-6-7-16(21)14-17/h6-10,13-14,22H,4-5,11-12H2,1-3H3,(H,23,25). The molecule has 4 nitrogen and oxygen atoms in total. The number of hydrogen-bond donors (Lipinski definition) is 2. The number of nitrogens with one attached hydrogen (secondary N) is 2. The lowest BCUT2D eigenvalue weighted by molar-refractivity contribution is -0.115. The number of halogens is 1. The molecule has 0 heterocycles. The normalized spacial score (nSPS) is 10.4. The lowest BCUT2D eigenvalue weighted by Crippen LogP contribution is -2.22. The molecule has 0 aliphatic rings. The Morgan fingerprint density at radius 2 is 1.88 bits per heavy atom. The smallest absolute Gasteiger partial charge is 0.226 e. The first-order valence-corrected chi connectivity index (χ1v) is 8.68. The highest BCUT2D eigenvalue weighted by molar-refractivity contribution is 5.91. The molecule has 5 heteroatoms. The van der Waals surface area contributed by atoms with Crippen molar-refractivity contribution in [1.29, 1.82) is 0 Å². The zero-order valence-corrected chi connectivity index (χ0v) is 15.1. The minimum absolute atomic E-state index is 0.143. The Kier molecular flexibility index (Phi) is 6.81. The molecule has 0 saturated carbocycles. The topological polar surface area (TPSA) is 44.4 Å². The summed E-state index contributed by atoms with van der Waals surface area (Å²) in [5, 5.41) is 5.99. The first-order valence-electron chi connectivity index (χ1n) is 8.68. The number of benzene rings is 2. The number of nitrogens with zero attached hydrogens (tertiary/aromatic N) is 1. The van der Waals surface area contributed by atoms with Crippen LogP contribution in [0.25, 0.3) is 0 Å². The highest BCUT2D eigenvalue weighted by Crippen LogP contribution is 2.22. The maximum Gasteiger partial charge on any atom is 0.226 e. The molecule has 0 aliphatic heterocycles. The van der Waals surface area contributed by atoms with Gasteiger partial charge in [0.1, 0.15) is 5.82 Å². The zero-order valence-electron chi connectivity index (χ0n) is 15.1. The van der Waals surface area contributed by atoms with E-state index < -0.39 is 0 Å². The number of hydrogen-bond acceptors (Lipinski definition) is 3. The SMILES string of the molecule is CCN(CC)c1ccc(NCCC(=O)Nc2cccc(F)c2)c(C)c1. The average molecular weight is 343 g/mol. The molecule has 0 atom stereocenters. The van der Waals surface area contributed by atoms with E-state index in [2.05, 4.69) is 48.4 Å². The lowest BCUT2D eigenvalue weighted by atomic mass is 10.1. The van der Waals surface area contributed by atoms with E-state index in [4.69, 9.17) is 0 Å². The second-order valence-corrected chi connectivity index (χ2v) is 5.91. The molecular weight excluding hydrogens is 317 g/mol. The van der Waals surface area contributed by atoms with Crippen LogP contribution in [-0.4, -0.2) is 25.5 Å². The molecule has 0 radical (unpaired) electrons. The Balaban J connectivity index is 1.86. The Hall–Kier alpha value is -2.56. The molecule has 0 spiro atoms. The summed E-state index contributed by atoms with van der Waals surface area (Å²) in [6, 6.07) is 12.2. The molecule has 2 aromatic carbocycles. The predicted octanol–water partition coefficient (Wildman–Crippen LogP) is 4.42. The van der Waals surface area contributed by atoms with Gasteiger partial charge in [0.05, 0.1) is 0 Å². The molecule has 0 aliphatic carbocycles. The van der Waals surface area contributed by atoms with Crippen molar-refractivity contribution in [3.05, 3.63) is 53.8 Å². The van der Waals surface area contributed by atoms with Crippen molar-refractivity contribution < 1.29 is 9.18 Å². The molecular formula is C20H26FN3O. The van der Waals surface area contributed by atoms with Crippen LogP contribution in [0.4, 0.5) is 21.5 Å². The second kappa shape index (κ2) is 9.06. The molecule has 0 fully saturated rings. The Bertz CT molecular complexity index is 714. The summed E-state index contributed by atoms with van der Waals surface area (Å²) in [5.74, 6) is -0.504. The number of carbonyl (C=O) groups excluding carboxylic acids is 1. The molecule has 0 saturated heterocycles. The van der Waals surface area contributed by atoms with Crippen LogP contribution in [0.5, 0.6) is 0 Å². The summed E-state index contributed by atoms with van der Waals surface area (Å²) in [5.41, 5.74) is 3.85. The van der Waals surface area contributed by atoms with Gasteiger partial charge in [0.25, 0.3) is 0 Å². The molecule has 0 aromatic heterocycles. The van der Waals surface area contributed by atoms with E-state index >= 15 is 0 Å². The van der Waals surface area contributed by atoms with E-state index in [1.165, 1.54) is 17.8 Å². The van der Waals surface area contributed by atoms with Gasteiger partial charge in [0.2, 0.25) is 5.91 Å². The van der Waals surface area contributed by atoms with Crippen LogP contribution in [0.1, 0.15) is 25.8 Å². The van der Waals surface area contributed by atoms with Crippen LogP contribution < -0.4 is 15.5 Å². The molecule has 0 bridgehead atoms. The van der Waals surface area contributed by atoms with Crippen molar-refractivity contribution in [3.63, 3.8) is 0 Å². The minimum Gasteiger partial charge on any atom is -0.384 e. The van der Waals surface area contributed by atoms with Crippen LogP contribution in [0.15, 0.2) is 42.5 Å². The zero-order chi connectivity index (χ0) is 18.2. The van der Waals surface area contributed by atoms with Gasteiger partial charge >= 0.3 is 0 Å². The predicted molar refractivity (Wildman–Crippen MR) is 103 cm³/mol. The van der Waals surface area contributed by atoms with Gasteiger partial charge in [0, 0.05) is 43.1 Å². The summed E-state index contributed by atoms with van der Waals surface area (Å²) >= 11 is 0. The number of aryl methyl sites for hydroxylation is 1. The number of amides is 1. The quantitative estimate of drug-likeness (QED) is 0.746. The van der Waals surface area contributed by atoms with Gasteiger partial charge in [-0.25, -0.2) is 4.39 Å². The minimum atomic E-state index is -0.361. The summed E-state index contributed by atoms with van der Waals surface area (Å²) in [4.78, 5) is 14.2. The van der Waals surface area contributed by atoms with Crippen molar-refractivity contribution in [1.82, 2.24) is 0 Å². The molecule has 1 amide bonds. The van der Waals surface area contributed by atoms with Crippen LogP contribution in [-0.2, 0) is 4.79 Å². The van der Waals surface area contributed by atoms with Crippen molar-refractivity contribution >= 4 is 23.0 Å². The third-order valence-corrected chi connectivity index (χ3v) is 4.11. The number of anilines is 3. The fourth-order valence-electron chi connectivity index (χ4n) is 2.73. The van der Waals surface area contributed by atoms with Crippen molar-refractivity contribution in [2.75, 3.05) is 35.2 Å². The van der Waals surface area contributed by atoms with Crippen molar-refractivity contribution in [2.45, 2.75) is 27.2 Å². The summed E-state index contributed by atoms with van der Waals surface area (Å²) < 4.78 is 13.1. The summed E-state index contributed by atoms with van der Waals surface area (Å²) in [6.07, 6.45) is 0.313. The van der Waals surface area contributed by atoms with E-state index in [1.807, 2.05) is 6.07 Å². The Labute approximate surface area is 149 Å². The Morgan fingerprint density at radius 1 is 1.12 bits per heavy atom. The second-order valence-electron chi connectivity index (χ2n) is 5.91.